The molecule has 0 aromatic rings. The van der Waals surface area contributed by atoms with E-state index in [0.717, 1.165) is 19.3 Å². The van der Waals surface area contributed by atoms with Gasteiger partial charge in [0.1, 0.15) is 48.8 Å². The summed E-state index contributed by atoms with van der Waals surface area (Å²) in [6.07, 6.45) is -1.17. The zero-order chi connectivity index (χ0) is 29.7. The average Bonchev–Trinajstić information content (AvgIpc) is 2.94. The molecular weight excluding hydrogens is 526 g/mol. The molecule has 0 spiro atoms. The molecule has 1 aliphatic heterocycles. The SMILES string of the molecule is CCCCCCCCCCCCCCCC(=O)O[C@H]1[C@H](O)[C@@H](O)[C@H](O)[C@@H](O)[C@@H]1O[C@H]1O[C@H](CO)[C@@H](O)[C@H](O)[C@H]1N. The number of aliphatic hydroxyl groups is 7. The Morgan fingerprint density at radius 1 is 0.675 bits per heavy atom. The topological polar surface area (TPSA) is 212 Å². The lowest BCUT2D eigenvalue weighted by Crippen LogP contribution is -2.68. The Kier molecular flexibility index (Phi) is 16.4. The second-order valence-corrected chi connectivity index (χ2v) is 11.3. The minimum atomic E-state index is -1.83. The van der Waals surface area contributed by atoms with Gasteiger partial charge in [0.2, 0.25) is 0 Å². The van der Waals surface area contributed by atoms with Crippen LogP contribution in [0.4, 0.5) is 0 Å². The van der Waals surface area contributed by atoms with Crippen LogP contribution in [-0.4, -0.2) is 116 Å². The van der Waals surface area contributed by atoms with Crippen molar-refractivity contribution in [2.24, 2.45) is 5.73 Å². The highest BCUT2D eigenvalue weighted by atomic mass is 16.7. The molecule has 236 valence electrons. The van der Waals surface area contributed by atoms with E-state index in [4.69, 9.17) is 19.9 Å². The number of hydrogen-bond donors (Lipinski definition) is 8. The molecule has 1 saturated heterocycles. The van der Waals surface area contributed by atoms with Crippen LogP contribution in [0.1, 0.15) is 96.8 Å². The summed E-state index contributed by atoms with van der Waals surface area (Å²) in [7, 11) is 0. The summed E-state index contributed by atoms with van der Waals surface area (Å²) in [5, 5.41) is 71.1. The Morgan fingerprint density at radius 3 is 1.65 bits per heavy atom. The first-order valence-electron chi connectivity index (χ1n) is 15.1. The molecule has 1 heterocycles. The second kappa shape index (κ2) is 18.6. The van der Waals surface area contributed by atoms with Gasteiger partial charge in [0.15, 0.2) is 12.4 Å². The number of rotatable bonds is 18. The van der Waals surface area contributed by atoms with Gasteiger partial charge >= 0.3 is 5.97 Å². The third-order valence-electron chi connectivity index (χ3n) is 8.02. The second-order valence-electron chi connectivity index (χ2n) is 11.3. The minimum Gasteiger partial charge on any atom is -0.457 e. The van der Waals surface area contributed by atoms with Crippen LogP contribution in [0.3, 0.4) is 0 Å². The molecule has 9 N–H and O–H groups in total. The number of ether oxygens (including phenoxy) is 3. The van der Waals surface area contributed by atoms with Gasteiger partial charge in [-0.3, -0.25) is 4.79 Å². The minimum absolute atomic E-state index is 0.0549. The van der Waals surface area contributed by atoms with Gasteiger partial charge in [0.05, 0.1) is 12.6 Å². The van der Waals surface area contributed by atoms with E-state index in [9.17, 15) is 40.5 Å². The van der Waals surface area contributed by atoms with Crippen LogP contribution in [0.25, 0.3) is 0 Å². The summed E-state index contributed by atoms with van der Waals surface area (Å²) >= 11 is 0. The predicted octanol–water partition coefficient (Wildman–Crippen LogP) is -0.0118. The fourth-order valence-corrected chi connectivity index (χ4v) is 5.35. The van der Waals surface area contributed by atoms with Gasteiger partial charge in [0.25, 0.3) is 0 Å². The van der Waals surface area contributed by atoms with E-state index in [0.29, 0.717) is 6.42 Å². The lowest BCUT2D eigenvalue weighted by Gasteiger charge is -2.47. The fourth-order valence-electron chi connectivity index (χ4n) is 5.35. The maximum absolute atomic E-state index is 12.6. The normalized spacial score (nSPS) is 36.5. The average molecular weight is 580 g/mol. The van der Waals surface area contributed by atoms with Crippen LogP contribution < -0.4 is 5.73 Å². The highest BCUT2D eigenvalue weighted by Gasteiger charge is 2.54. The quantitative estimate of drug-likeness (QED) is 0.0795. The Bertz CT molecular complexity index is 699. The summed E-state index contributed by atoms with van der Waals surface area (Å²) in [5.74, 6) is -0.672. The lowest BCUT2D eigenvalue weighted by atomic mass is 9.84. The van der Waals surface area contributed by atoms with Crippen molar-refractivity contribution in [3.05, 3.63) is 0 Å². The van der Waals surface area contributed by atoms with E-state index in [-0.39, 0.29) is 6.42 Å². The van der Waals surface area contributed by atoms with E-state index in [1.807, 2.05) is 0 Å². The predicted molar refractivity (Wildman–Crippen MR) is 145 cm³/mol. The van der Waals surface area contributed by atoms with Gasteiger partial charge < -0.3 is 55.7 Å². The van der Waals surface area contributed by atoms with Gasteiger partial charge in [-0.15, -0.1) is 0 Å². The van der Waals surface area contributed by atoms with Gasteiger partial charge in [-0.25, -0.2) is 0 Å². The van der Waals surface area contributed by atoms with Crippen LogP contribution in [-0.2, 0) is 19.0 Å². The molecular formula is C28H53NO11. The maximum atomic E-state index is 12.6. The number of unbranched alkanes of at least 4 members (excludes halogenated alkanes) is 12. The van der Waals surface area contributed by atoms with Crippen molar-refractivity contribution in [3.8, 4) is 0 Å². The van der Waals surface area contributed by atoms with Crippen LogP contribution in [0.15, 0.2) is 0 Å². The van der Waals surface area contributed by atoms with Crippen LogP contribution >= 0.6 is 0 Å². The molecule has 0 amide bonds. The number of nitrogens with two attached hydrogens (primary N) is 1. The molecule has 0 aromatic heterocycles. The molecule has 11 atom stereocenters. The van der Waals surface area contributed by atoms with E-state index in [2.05, 4.69) is 6.92 Å². The van der Waals surface area contributed by atoms with Crippen molar-refractivity contribution in [2.75, 3.05) is 6.61 Å². The third-order valence-corrected chi connectivity index (χ3v) is 8.02. The molecule has 2 rings (SSSR count). The molecule has 40 heavy (non-hydrogen) atoms. The summed E-state index contributed by atoms with van der Waals surface area (Å²) in [5.41, 5.74) is 5.89. The Balaban J connectivity index is 1.78. The van der Waals surface area contributed by atoms with E-state index < -0.39 is 79.8 Å². The van der Waals surface area contributed by atoms with Gasteiger partial charge in [-0.1, -0.05) is 84.0 Å². The first kappa shape index (κ1) is 35.3. The smallest absolute Gasteiger partial charge is 0.306 e. The maximum Gasteiger partial charge on any atom is 0.306 e. The molecule has 0 unspecified atom stereocenters. The van der Waals surface area contributed by atoms with Crippen molar-refractivity contribution in [3.63, 3.8) is 0 Å². The summed E-state index contributed by atoms with van der Waals surface area (Å²) in [6, 6.07) is -1.33. The Labute approximate surface area is 237 Å². The number of hydrogen-bond acceptors (Lipinski definition) is 12. The van der Waals surface area contributed by atoms with Crippen LogP contribution in [0, 0.1) is 0 Å². The van der Waals surface area contributed by atoms with E-state index in [1.54, 1.807) is 0 Å². The molecule has 1 saturated carbocycles. The first-order chi connectivity index (χ1) is 19.1. The summed E-state index contributed by atoms with van der Waals surface area (Å²) in [4.78, 5) is 12.6. The Morgan fingerprint density at radius 2 is 1.15 bits per heavy atom. The summed E-state index contributed by atoms with van der Waals surface area (Å²) in [6.45, 7) is 1.55. The lowest BCUT2D eigenvalue weighted by molar-refractivity contribution is -0.318. The van der Waals surface area contributed by atoms with Crippen LogP contribution in [0.5, 0.6) is 0 Å². The molecule has 2 fully saturated rings. The Hall–Kier alpha value is -0.930. The zero-order valence-corrected chi connectivity index (χ0v) is 23.8. The van der Waals surface area contributed by atoms with Crippen molar-refractivity contribution < 1.29 is 54.8 Å². The summed E-state index contributed by atoms with van der Waals surface area (Å²) < 4.78 is 16.4. The molecule has 0 bridgehead atoms. The molecule has 12 nitrogen and oxygen atoms in total. The third kappa shape index (κ3) is 10.4. The number of esters is 1. The van der Waals surface area contributed by atoms with Crippen molar-refractivity contribution in [2.45, 2.75) is 164 Å². The zero-order valence-electron chi connectivity index (χ0n) is 23.8. The standard InChI is InChI=1S/C28H53NO11/c1-2-3-4-5-6-7-8-9-10-11-12-13-14-15-18(31)39-26-24(36)22(34)23(35)25(37)27(26)40-28-19(29)21(33)20(32)17(16-30)38-28/h17,19-28,30,32-37H,2-16,29H2,1H3/t17-,19-,20-,21-,22+,23+,24-,25-,26+,27+,28-/m1/s1. The molecule has 12 heteroatoms. The molecule has 2 aliphatic rings. The van der Waals surface area contributed by atoms with E-state index >= 15 is 0 Å². The largest absolute Gasteiger partial charge is 0.457 e. The van der Waals surface area contributed by atoms with Gasteiger partial charge in [0, 0.05) is 6.42 Å². The first-order valence-corrected chi connectivity index (χ1v) is 15.1. The van der Waals surface area contributed by atoms with Gasteiger partial charge in [-0.2, -0.15) is 0 Å². The van der Waals surface area contributed by atoms with Crippen molar-refractivity contribution >= 4 is 5.97 Å². The molecule has 0 aromatic carbocycles. The van der Waals surface area contributed by atoms with Crippen molar-refractivity contribution in [1.29, 1.82) is 0 Å². The van der Waals surface area contributed by atoms with E-state index in [1.165, 1.54) is 57.8 Å². The van der Waals surface area contributed by atoms with Gasteiger partial charge in [-0.05, 0) is 6.42 Å². The number of carbonyl (C=O) groups is 1. The molecule has 0 radical (unpaired) electrons. The van der Waals surface area contributed by atoms with Crippen LogP contribution in [0.2, 0.25) is 0 Å². The highest BCUT2D eigenvalue weighted by molar-refractivity contribution is 5.69. The highest BCUT2D eigenvalue weighted by Crippen LogP contribution is 2.30. The van der Waals surface area contributed by atoms with Crippen molar-refractivity contribution in [1.82, 2.24) is 0 Å². The number of aliphatic hydroxyl groups excluding tert-OH is 7. The molecule has 1 aliphatic carbocycles. The fraction of sp³-hybridized carbons (Fsp3) is 0.964. The monoisotopic (exact) mass is 579 g/mol. The number of carbonyl (C=O) groups excluding carboxylic acids is 1.